The molecule has 1 aliphatic rings. The summed E-state index contributed by atoms with van der Waals surface area (Å²) in [7, 11) is 1.62. The van der Waals surface area contributed by atoms with Crippen LogP contribution in [0.2, 0.25) is 0 Å². The number of hydrogen-bond donors (Lipinski definition) is 4. The lowest BCUT2D eigenvalue weighted by Crippen LogP contribution is -2.48. The monoisotopic (exact) mass is 514 g/mol. The van der Waals surface area contributed by atoms with E-state index in [-0.39, 0.29) is 31.5 Å². The second-order valence-electron chi connectivity index (χ2n) is 8.89. The van der Waals surface area contributed by atoms with Crippen LogP contribution in [0.5, 0.6) is 0 Å². The van der Waals surface area contributed by atoms with Crippen LogP contribution >= 0.6 is 0 Å². The van der Waals surface area contributed by atoms with Crippen LogP contribution in [0.4, 0.5) is 10.3 Å². The van der Waals surface area contributed by atoms with Gasteiger partial charge in [-0.25, -0.2) is 19.3 Å². The molecule has 1 aromatic carbocycles. The topological polar surface area (TPSA) is 144 Å². The maximum absolute atomic E-state index is 13.6. The molecule has 198 valence electrons. The van der Waals surface area contributed by atoms with Gasteiger partial charge in [-0.2, -0.15) is 0 Å². The van der Waals surface area contributed by atoms with Crippen molar-refractivity contribution >= 4 is 11.9 Å². The molecule has 0 bridgehead atoms. The number of H-pyrrole nitrogens is 1. The number of aliphatic hydroxyl groups is 1. The lowest BCUT2D eigenvalue weighted by atomic mass is 9.91. The smallest absolute Gasteiger partial charge is 0.230 e. The number of amides is 1. The van der Waals surface area contributed by atoms with Crippen LogP contribution in [-0.2, 0) is 19.0 Å². The molecule has 0 radical (unpaired) electrons. The first kappa shape index (κ1) is 26.6. The molecule has 0 unspecified atom stereocenters. The van der Waals surface area contributed by atoms with Gasteiger partial charge in [0.05, 0.1) is 42.3 Å². The van der Waals surface area contributed by atoms with Gasteiger partial charge in [0.2, 0.25) is 18.1 Å². The zero-order chi connectivity index (χ0) is 26.3. The van der Waals surface area contributed by atoms with E-state index in [1.165, 1.54) is 12.1 Å². The highest BCUT2D eigenvalue weighted by Crippen LogP contribution is 2.35. The Kier molecular flexibility index (Phi) is 8.77. The molecule has 11 nitrogen and oxygen atoms in total. The van der Waals surface area contributed by atoms with Gasteiger partial charge < -0.3 is 34.9 Å². The van der Waals surface area contributed by atoms with Gasteiger partial charge in [0.15, 0.2) is 5.82 Å². The van der Waals surface area contributed by atoms with Crippen LogP contribution < -0.4 is 10.6 Å². The number of anilines is 1. The quantitative estimate of drug-likeness (QED) is 0.283. The second-order valence-corrected chi connectivity index (χ2v) is 8.89. The number of nitrogens with zero attached hydrogens (tertiary/aromatic N) is 3. The number of rotatable bonds is 11. The SMILES string of the molecule is COCCCNC(=O)C1(C)COC(c2nc(-c3ccc(F)cc3)c(-c3ccnc(NCCO)n3)[nH]2)OC1. The van der Waals surface area contributed by atoms with Crippen molar-refractivity contribution in [2.75, 3.05) is 51.9 Å². The highest BCUT2D eigenvalue weighted by Gasteiger charge is 2.40. The van der Waals surface area contributed by atoms with Crippen molar-refractivity contribution in [1.29, 1.82) is 0 Å². The molecule has 2 aromatic heterocycles. The highest BCUT2D eigenvalue weighted by molar-refractivity contribution is 5.82. The Morgan fingerprint density at radius 1 is 1.22 bits per heavy atom. The molecule has 1 fully saturated rings. The number of aliphatic hydroxyl groups excluding tert-OH is 1. The molecular formula is C25H31FN6O5. The highest BCUT2D eigenvalue weighted by atomic mass is 19.1. The number of imidazole rings is 1. The van der Waals surface area contributed by atoms with E-state index in [0.717, 1.165) is 0 Å². The van der Waals surface area contributed by atoms with Gasteiger partial charge in [-0.15, -0.1) is 0 Å². The standard InChI is InChI=1S/C25H31FN6O5/c1-25(23(34)27-9-3-13-35-2)14-36-22(37-15-25)21-31-19(16-4-6-17(26)7-5-16)20(32-21)18-8-10-28-24(30-18)29-11-12-33/h4-8,10,22,33H,3,9,11-15H2,1-2H3,(H,27,34)(H,31,32)(H,28,29,30). The summed E-state index contributed by atoms with van der Waals surface area (Å²) < 4.78 is 30.5. The third kappa shape index (κ3) is 6.46. The van der Waals surface area contributed by atoms with Gasteiger partial charge in [0.1, 0.15) is 5.82 Å². The van der Waals surface area contributed by atoms with E-state index < -0.39 is 11.7 Å². The van der Waals surface area contributed by atoms with Crippen LogP contribution in [0, 0.1) is 11.2 Å². The zero-order valence-corrected chi connectivity index (χ0v) is 20.8. The van der Waals surface area contributed by atoms with Crippen LogP contribution in [0.25, 0.3) is 22.6 Å². The predicted molar refractivity (Wildman–Crippen MR) is 133 cm³/mol. The number of aromatic nitrogens is 4. The summed E-state index contributed by atoms with van der Waals surface area (Å²) in [5.74, 6) is 0.209. The molecule has 4 N–H and O–H groups in total. The molecule has 3 aromatic rings. The Morgan fingerprint density at radius 3 is 2.68 bits per heavy atom. The first-order valence-electron chi connectivity index (χ1n) is 12.0. The first-order valence-corrected chi connectivity index (χ1v) is 12.0. The lowest BCUT2D eigenvalue weighted by molar-refractivity contribution is -0.231. The molecule has 4 rings (SSSR count). The molecule has 0 aliphatic carbocycles. The summed E-state index contributed by atoms with van der Waals surface area (Å²) in [6, 6.07) is 7.66. The summed E-state index contributed by atoms with van der Waals surface area (Å²) in [5, 5.41) is 14.9. The largest absolute Gasteiger partial charge is 0.395 e. The van der Waals surface area contributed by atoms with Gasteiger partial charge in [0, 0.05) is 38.6 Å². The van der Waals surface area contributed by atoms with Crippen molar-refractivity contribution in [3.63, 3.8) is 0 Å². The lowest BCUT2D eigenvalue weighted by Gasteiger charge is -2.35. The van der Waals surface area contributed by atoms with Gasteiger partial charge in [-0.05, 0) is 43.7 Å². The Morgan fingerprint density at radius 2 is 1.97 bits per heavy atom. The minimum Gasteiger partial charge on any atom is -0.395 e. The molecule has 1 aliphatic heterocycles. The molecule has 37 heavy (non-hydrogen) atoms. The van der Waals surface area contributed by atoms with Crippen LogP contribution in [0.3, 0.4) is 0 Å². The Balaban J connectivity index is 1.56. The van der Waals surface area contributed by atoms with Crippen molar-refractivity contribution in [2.45, 2.75) is 19.6 Å². The number of methoxy groups -OCH3 is 1. The maximum Gasteiger partial charge on any atom is 0.230 e. The van der Waals surface area contributed by atoms with Crippen LogP contribution in [-0.4, -0.2) is 77.6 Å². The van der Waals surface area contributed by atoms with E-state index in [2.05, 4.69) is 25.6 Å². The minimum absolute atomic E-state index is 0.0664. The number of hydrogen-bond acceptors (Lipinski definition) is 9. The number of carbonyl (C=O) groups is 1. The van der Waals surface area contributed by atoms with Crippen LogP contribution in [0.15, 0.2) is 36.5 Å². The van der Waals surface area contributed by atoms with E-state index in [1.54, 1.807) is 38.4 Å². The zero-order valence-electron chi connectivity index (χ0n) is 20.8. The molecule has 0 spiro atoms. The average molecular weight is 515 g/mol. The van der Waals surface area contributed by atoms with Crippen LogP contribution in [0.1, 0.15) is 25.5 Å². The first-order chi connectivity index (χ1) is 17.9. The Bertz CT molecular complexity index is 1180. The van der Waals surface area contributed by atoms with E-state index >= 15 is 0 Å². The van der Waals surface area contributed by atoms with Crippen molar-refractivity contribution < 1.29 is 28.5 Å². The molecule has 0 atom stereocenters. The molecular weight excluding hydrogens is 483 g/mol. The van der Waals surface area contributed by atoms with Gasteiger partial charge in [0.25, 0.3) is 0 Å². The Hall–Kier alpha value is -3.45. The summed E-state index contributed by atoms with van der Waals surface area (Å²) in [5.41, 5.74) is 1.44. The Labute approximate surface area is 213 Å². The van der Waals surface area contributed by atoms with Crippen molar-refractivity contribution in [3.8, 4) is 22.6 Å². The van der Waals surface area contributed by atoms with Crippen molar-refractivity contribution in [2.24, 2.45) is 5.41 Å². The van der Waals surface area contributed by atoms with E-state index in [0.29, 0.717) is 60.5 Å². The summed E-state index contributed by atoms with van der Waals surface area (Å²) in [4.78, 5) is 29.3. The fraction of sp³-hybridized carbons (Fsp3) is 0.440. The third-order valence-corrected chi connectivity index (χ3v) is 5.84. The minimum atomic E-state index is -0.848. The van der Waals surface area contributed by atoms with Crippen molar-refractivity contribution in [3.05, 3.63) is 48.2 Å². The predicted octanol–water partition coefficient (Wildman–Crippen LogP) is 2.28. The molecule has 12 heteroatoms. The third-order valence-electron chi connectivity index (χ3n) is 5.84. The summed E-state index contributed by atoms with van der Waals surface area (Å²) in [6.45, 7) is 3.36. The number of aromatic amines is 1. The maximum atomic E-state index is 13.6. The van der Waals surface area contributed by atoms with Gasteiger partial charge in [-0.3, -0.25) is 4.79 Å². The molecule has 3 heterocycles. The molecule has 1 amide bonds. The van der Waals surface area contributed by atoms with Gasteiger partial charge >= 0.3 is 0 Å². The number of nitrogens with one attached hydrogen (secondary N) is 3. The summed E-state index contributed by atoms with van der Waals surface area (Å²) >= 11 is 0. The van der Waals surface area contributed by atoms with Crippen molar-refractivity contribution in [1.82, 2.24) is 25.3 Å². The fourth-order valence-electron chi connectivity index (χ4n) is 3.79. The average Bonchev–Trinajstić information content (AvgIpc) is 3.36. The van der Waals surface area contributed by atoms with E-state index in [1.807, 2.05) is 0 Å². The number of halogens is 1. The molecule has 0 saturated carbocycles. The fourth-order valence-corrected chi connectivity index (χ4v) is 3.79. The normalized spacial score (nSPS) is 19.5. The number of carbonyl (C=O) groups excluding carboxylic acids is 1. The number of ether oxygens (including phenoxy) is 3. The van der Waals surface area contributed by atoms with E-state index in [9.17, 15) is 9.18 Å². The number of benzene rings is 1. The second kappa shape index (κ2) is 12.2. The van der Waals surface area contributed by atoms with E-state index in [4.69, 9.17) is 24.3 Å². The molecule has 1 saturated heterocycles. The summed E-state index contributed by atoms with van der Waals surface area (Å²) in [6.07, 6.45) is 1.46. The van der Waals surface area contributed by atoms with Gasteiger partial charge in [-0.1, -0.05) is 0 Å².